The van der Waals surface area contributed by atoms with Crippen molar-refractivity contribution in [2.45, 2.75) is 52.8 Å². The summed E-state index contributed by atoms with van der Waals surface area (Å²) in [4.78, 5) is 26.4. The smallest absolute Gasteiger partial charge is 0.241 e. The van der Waals surface area contributed by atoms with Gasteiger partial charge in [0.25, 0.3) is 0 Å². The third kappa shape index (κ3) is 3.38. The summed E-state index contributed by atoms with van der Waals surface area (Å²) in [5.41, 5.74) is -0.228. The Morgan fingerprint density at radius 3 is 2.30 bits per heavy atom. The Morgan fingerprint density at radius 1 is 1.40 bits per heavy atom. The van der Waals surface area contributed by atoms with Gasteiger partial charge >= 0.3 is 0 Å². The van der Waals surface area contributed by atoms with Crippen molar-refractivity contribution < 1.29 is 14.3 Å². The second-order valence-electron chi connectivity index (χ2n) is 6.65. The zero-order chi connectivity index (χ0) is 15.7. The number of Topliss-reactive ketones (excluding diaryl/α,β-unsaturated/α-hetero) is 1. The number of nitrogens with zero attached hydrogens (tertiary/aromatic N) is 1. The maximum Gasteiger partial charge on any atom is 0.241 e. The Labute approximate surface area is 124 Å². The van der Waals surface area contributed by atoms with Crippen molar-refractivity contribution >= 4 is 21.1 Å². The molecular weight excluding hydrogens is 275 g/mol. The zero-order valence-electron chi connectivity index (χ0n) is 13.3. The molecule has 0 aromatic carbocycles. The highest BCUT2D eigenvalue weighted by Crippen LogP contribution is 2.30. The molecule has 0 saturated carbocycles. The second kappa shape index (κ2) is 6.50. The third-order valence-electron chi connectivity index (χ3n) is 4.08. The van der Waals surface area contributed by atoms with Crippen molar-refractivity contribution in [1.82, 2.24) is 9.99 Å². The Bertz CT molecular complexity index is 381. The molecule has 1 N–H and O–H groups in total. The van der Waals surface area contributed by atoms with Gasteiger partial charge < -0.3 is 9.64 Å². The summed E-state index contributed by atoms with van der Waals surface area (Å²) in [5.74, 6) is -0.00695. The fourth-order valence-electron chi connectivity index (χ4n) is 2.92. The first kappa shape index (κ1) is 17.5. The molecule has 0 radical (unpaired) electrons. The van der Waals surface area contributed by atoms with E-state index in [0.29, 0.717) is 6.54 Å². The van der Waals surface area contributed by atoms with Crippen molar-refractivity contribution in [1.29, 1.82) is 0 Å². The molecule has 0 aliphatic carbocycles. The molecule has 20 heavy (non-hydrogen) atoms. The van der Waals surface area contributed by atoms with Gasteiger partial charge in [-0.15, -0.1) is 0 Å². The quantitative estimate of drug-likeness (QED) is 0.794. The average molecular weight is 302 g/mol. The van der Waals surface area contributed by atoms with Gasteiger partial charge in [-0.1, -0.05) is 37.1 Å². The summed E-state index contributed by atoms with van der Waals surface area (Å²) in [6.45, 7) is 9.99. The molecule has 0 spiro atoms. The zero-order valence-corrected chi connectivity index (χ0v) is 14.4. The highest BCUT2D eigenvalue weighted by atomic mass is 31.0. The summed E-state index contributed by atoms with van der Waals surface area (Å²) < 4.78 is 5.41. The van der Waals surface area contributed by atoms with Crippen LogP contribution in [0.5, 0.6) is 0 Å². The minimum Gasteiger partial charge on any atom is -0.379 e. The lowest BCUT2D eigenvalue weighted by Crippen LogP contribution is -2.53. The molecule has 0 aromatic rings. The van der Waals surface area contributed by atoms with Crippen LogP contribution in [0.4, 0.5) is 0 Å². The number of carbonyl (C=O) groups excluding carboxylic acids is 2. The number of rotatable bonds is 4. The van der Waals surface area contributed by atoms with E-state index in [4.69, 9.17) is 4.74 Å². The molecule has 2 unspecified atom stereocenters. The fourth-order valence-corrected chi connectivity index (χ4v) is 3.57. The average Bonchev–Trinajstić information content (AvgIpc) is 2.65. The Balaban J connectivity index is 3.04. The molecule has 1 fully saturated rings. The van der Waals surface area contributed by atoms with E-state index < -0.39 is 6.04 Å². The topological polar surface area (TPSA) is 58.6 Å². The molecule has 1 saturated heterocycles. The Hall–Kier alpha value is -0.510. The largest absolute Gasteiger partial charge is 0.379 e. The van der Waals surface area contributed by atoms with E-state index >= 15 is 0 Å². The van der Waals surface area contributed by atoms with Gasteiger partial charge in [0.2, 0.25) is 5.91 Å². The number of ketones is 1. The number of nitrogens with one attached hydrogen (secondary N) is 1. The number of methoxy groups -OCH3 is 1. The van der Waals surface area contributed by atoms with E-state index in [-0.39, 0.29) is 35.2 Å². The minimum absolute atomic E-state index is 0.0156. The Kier molecular flexibility index (Phi) is 5.70. The van der Waals surface area contributed by atoms with Crippen molar-refractivity contribution in [3.05, 3.63) is 0 Å². The lowest BCUT2D eigenvalue weighted by atomic mass is 9.86. The van der Waals surface area contributed by atoms with Gasteiger partial charge in [0.15, 0.2) is 5.78 Å². The first-order valence-electron chi connectivity index (χ1n) is 6.95. The van der Waals surface area contributed by atoms with Gasteiger partial charge in [-0.2, -0.15) is 0 Å². The maximum absolute atomic E-state index is 12.8. The van der Waals surface area contributed by atoms with E-state index in [9.17, 15) is 9.59 Å². The Morgan fingerprint density at radius 2 is 1.95 bits per heavy atom. The third-order valence-corrected chi connectivity index (χ3v) is 4.41. The van der Waals surface area contributed by atoms with Crippen molar-refractivity contribution in [3.63, 3.8) is 0 Å². The van der Waals surface area contributed by atoms with Crippen LogP contribution in [0.15, 0.2) is 0 Å². The number of carbonyl (C=O) groups is 2. The highest BCUT2D eigenvalue weighted by Gasteiger charge is 2.47. The molecule has 6 heteroatoms. The molecule has 1 rings (SSSR count). The molecule has 0 bridgehead atoms. The van der Waals surface area contributed by atoms with Crippen LogP contribution in [-0.4, -0.2) is 48.4 Å². The standard InChI is InChI=1S/C14H27N2O3P/c1-8-10(19-6)7-16(11(8)9(2)17)13(18)12(15-20)14(3,4)5/h8,10-12,15H,7,20H2,1-6H3/t8?,10-,11-,12+/m0/s1. The van der Waals surface area contributed by atoms with E-state index in [2.05, 4.69) is 14.5 Å². The van der Waals surface area contributed by atoms with Crippen molar-refractivity contribution in [2.24, 2.45) is 11.3 Å². The number of ether oxygens (including phenoxy) is 1. The molecule has 1 aliphatic heterocycles. The van der Waals surface area contributed by atoms with Crippen LogP contribution in [0.2, 0.25) is 0 Å². The predicted molar refractivity (Wildman–Crippen MR) is 82.2 cm³/mol. The maximum atomic E-state index is 12.8. The SMILES string of the molecule is CO[C@H]1CN(C(=O)[C@@H](NP)C(C)(C)C)[C@H](C(C)=O)C1C. The van der Waals surface area contributed by atoms with Crippen LogP contribution >= 0.6 is 9.39 Å². The molecular formula is C14H27N2O3P. The summed E-state index contributed by atoms with van der Waals surface area (Å²) >= 11 is 0. The molecule has 116 valence electrons. The van der Waals surface area contributed by atoms with Crippen LogP contribution in [0.3, 0.4) is 0 Å². The van der Waals surface area contributed by atoms with E-state index in [1.807, 2.05) is 27.7 Å². The molecule has 5 atom stereocenters. The van der Waals surface area contributed by atoms with Crippen LogP contribution < -0.4 is 5.09 Å². The normalized spacial score (nSPS) is 28.6. The van der Waals surface area contributed by atoms with E-state index in [1.165, 1.54) is 0 Å². The summed E-state index contributed by atoms with van der Waals surface area (Å²) in [6, 6.07) is -0.743. The van der Waals surface area contributed by atoms with Gasteiger partial charge in [-0.3, -0.25) is 14.7 Å². The summed E-state index contributed by atoms with van der Waals surface area (Å²) in [7, 11) is 4.03. The number of amides is 1. The second-order valence-corrected chi connectivity index (χ2v) is 6.98. The van der Waals surface area contributed by atoms with Gasteiger partial charge in [0.05, 0.1) is 18.2 Å². The highest BCUT2D eigenvalue weighted by molar-refractivity contribution is 7.13. The molecule has 5 nitrogen and oxygen atoms in total. The van der Waals surface area contributed by atoms with E-state index in [0.717, 1.165) is 0 Å². The van der Waals surface area contributed by atoms with Gasteiger partial charge in [0, 0.05) is 19.6 Å². The first-order chi connectivity index (χ1) is 9.15. The van der Waals surface area contributed by atoms with Crippen LogP contribution in [0.1, 0.15) is 34.6 Å². The van der Waals surface area contributed by atoms with Crippen LogP contribution in [-0.2, 0) is 14.3 Å². The number of hydrogen-bond acceptors (Lipinski definition) is 4. The van der Waals surface area contributed by atoms with Gasteiger partial charge in [0.1, 0.15) is 0 Å². The lowest BCUT2D eigenvalue weighted by molar-refractivity contribution is -0.141. The van der Waals surface area contributed by atoms with Crippen LogP contribution in [0.25, 0.3) is 0 Å². The first-order valence-corrected chi connectivity index (χ1v) is 7.52. The molecule has 1 aliphatic rings. The summed E-state index contributed by atoms with van der Waals surface area (Å²) in [6.07, 6.45) is -0.0852. The minimum atomic E-state index is -0.393. The van der Waals surface area contributed by atoms with Gasteiger partial charge in [-0.05, 0) is 12.3 Å². The van der Waals surface area contributed by atoms with Crippen molar-refractivity contribution in [2.75, 3.05) is 13.7 Å². The van der Waals surface area contributed by atoms with Gasteiger partial charge in [-0.25, -0.2) is 0 Å². The van der Waals surface area contributed by atoms with Crippen LogP contribution in [0, 0.1) is 11.3 Å². The monoisotopic (exact) mass is 302 g/mol. The van der Waals surface area contributed by atoms with Crippen molar-refractivity contribution in [3.8, 4) is 0 Å². The lowest BCUT2D eigenvalue weighted by Gasteiger charge is -2.34. The van der Waals surface area contributed by atoms with E-state index in [1.54, 1.807) is 18.9 Å². The predicted octanol–water partition coefficient (Wildman–Crippen LogP) is 1.23. The fraction of sp³-hybridized carbons (Fsp3) is 0.857. The number of likely N-dealkylation sites (tertiary alicyclic amines) is 1. The molecule has 1 amide bonds. The molecule has 0 aromatic heterocycles. The molecule has 1 heterocycles. The summed E-state index contributed by atoms with van der Waals surface area (Å²) in [5, 5.41) is 3.00. The number of hydrogen-bond donors (Lipinski definition) is 1.